The van der Waals surface area contributed by atoms with Crippen molar-refractivity contribution < 1.29 is 29.3 Å². The minimum atomic E-state index is -1.27. The van der Waals surface area contributed by atoms with Crippen LogP contribution in [0.15, 0.2) is 30.9 Å². The molecule has 7 atom stereocenters. The summed E-state index contributed by atoms with van der Waals surface area (Å²) in [4.78, 5) is 31.3. The van der Waals surface area contributed by atoms with E-state index in [0.717, 1.165) is 40.1 Å². The number of esters is 1. The highest BCUT2D eigenvalue weighted by molar-refractivity contribution is 7.18. The average molecular weight is 544 g/mol. The number of benzene rings is 1. The zero-order chi connectivity index (χ0) is 27.8. The zero-order valence-corrected chi connectivity index (χ0v) is 23.9. The molecule has 208 valence electrons. The van der Waals surface area contributed by atoms with Crippen molar-refractivity contribution in [2.75, 3.05) is 0 Å². The maximum atomic E-state index is 13.6. The summed E-state index contributed by atoms with van der Waals surface area (Å²) in [5.41, 5.74) is 0.115. The van der Waals surface area contributed by atoms with Gasteiger partial charge in [-0.05, 0) is 56.7 Å². The number of nitrogens with zero attached hydrogens (tertiary/aromatic N) is 1. The molecule has 2 N–H and O–H groups in total. The Labute approximate surface area is 229 Å². The van der Waals surface area contributed by atoms with Crippen molar-refractivity contribution in [2.24, 2.45) is 17.3 Å². The monoisotopic (exact) mass is 543 g/mol. The van der Waals surface area contributed by atoms with Gasteiger partial charge in [0.25, 0.3) is 0 Å². The van der Waals surface area contributed by atoms with Crippen LogP contribution < -0.4 is 0 Å². The summed E-state index contributed by atoms with van der Waals surface area (Å²) < 4.78 is 13.2. The number of epoxide rings is 1. The van der Waals surface area contributed by atoms with Crippen LogP contribution in [0.3, 0.4) is 0 Å². The Kier molecular flexibility index (Phi) is 8.48. The molecule has 2 aliphatic rings. The number of Topliss-reactive ketones (excluding diaryl/α,β-unsaturated/α-hetero) is 1. The van der Waals surface area contributed by atoms with Crippen LogP contribution in [0.4, 0.5) is 0 Å². The summed E-state index contributed by atoms with van der Waals surface area (Å²) >= 11 is 1.61. The Bertz CT molecular complexity index is 1190. The number of carbonyl (C=O) groups is 2. The first kappa shape index (κ1) is 28.9. The van der Waals surface area contributed by atoms with Crippen molar-refractivity contribution in [1.82, 2.24) is 4.98 Å². The second-order valence-electron chi connectivity index (χ2n) is 11.9. The molecule has 0 radical (unpaired) electrons. The van der Waals surface area contributed by atoms with Gasteiger partial charge in [-0.2, -0.15) is 0 Å². The highest BCUT2D eigenvalue weighted by atomic mass is 32.1. The number of thiazole rings is 1. The van der Waals surface area contributed by atoms with E-state index in [1.165, 1.54) is 0 Å². The van der Waals surface area contributed by atoms with Crippen LogP contribution in [0.1, 0.15) is 82.9 Å². The number of aliphatic hydroxyl groups excluding tert-OH is 2. The maximum absolute atomic E-state index is 13.6. The third kappa shape index (κ3) is 6.03. The van der Waals surface area contributed by atoms with Crippen molar-refractivity contribution in [2.45, 2.75) is 103 Å². The zero-order valence-electron chi connectivity index (χ0n) is 23.1. The van der Waals surface area contributed by atoms with Gasteiger partial charge in [-0.1, -0.05) is 39.3 Å². The van der Waals surface area contributed by atoms with E-state index in [1.54, 1.807) is 31.3 Å². The molecule has 0 saturated carbocycles. The molecule has 0 spiro atoms. The molecule has 0 bridgehead atoms. The second kappa shape index (κ2) is 11.2. The van der Waals surface area contributed by atoms with Gasteiger partial charge in [-0.3, -0.25) is 9.59 Å². The number of hydrogen-bond acceptors (Lipinski definition) is 8. The largest absolute Gasteiger partial charge is 0.457 e. The maximum Gasteiger partial charge on any atom is 0.309 e. The lowest BCUT2D eigenvalue weighted by Gasteiger charge is -2.35. The van der Waals surface area contributed by atoms with Gasteiger partial charge in [0.05, 0.1) is 51.0 Å². The molecule has 8 heteroatoms. The van der Waals surface area contributed by atoms with Crippen molar-refractivity contribution >= 4 is 33.3 Å². The molecule has 2 fully saturated rings. The Balaban J connectivity index is 1.63. The van der Waals surface area contributed by atoms with Crippen LogP contribution in [0, 0.1) is 24.2 Å². The third-order valence-corrected chi connectivity index (χ3v) is 9.49. The molecule has 0 amide bonds. The van der Waals surface area contributed by atoms with Gasteiger partial charge in [0, 0.05) is 12.3 Å². The molecular formula is C30H41NO6S. The molecule has 2 saturated heterocycles. The van der Waals surface area contributed by atoms with Crippen molar-refractivity contribution in [1.29, 1.82) is 0 Å². The van der Waals surface area contributed by atoms with Crippen LogP contribution in [-0.2, 0) is 19.1 Å². The lowest BCUT2D eigenvalue weighted by molar-refractivity contribution is -0.156. The van der Waals surface area contributed by atoms with Crippen LogP contribution in [0.5, 0.6) is 0 Å². The summed E-state index contributed by atoms with van der Waals surface area (Å²) in [6.45, 7) is 13.0. The van der Waals surface area contributed by atoms with E-state index >= 15 is 0 Å². The van der Waals surface area contributed by atoms with Gasteiger partial charge in [0.2, 0.25) is 0 Å². The molecular weight excluding hydrogens is 502 g/mol. The van der Waals surface area contributed by atoms with Crippen LogP contribution in [-0.4, -0.2) is 50.9 Å². The fourth-order valence-electron chi connectivity index (χ4n) is 5.70. The lowest BCUT2D eigenvalue weighted by Crippen LogP contribution is -2.46. The van der Waals surface area contributed by atoms with E-state index in [-0.39, 0.29) is 29.8 Å². The van der Waals surface area contributed by atoms with E-state index in [4.69, 9.17) is 9.47 Å². The fourth-order valence-corrected chi connectivity index (χ4v) is 6.51. The number of allylic oxidation sites excluding steroid dienone is 1. The third-order valence-electron chi connectivity index (χ3n) is 8.54. The lowest BCUT2D eigenvalue weighted by atomic mass is 9.71. The minimum absolute atomic E-state index is 0.0715. The first-order valence-corrected chi connectivity index (χ1v) is 14.4. The Morgan fingerprint density at radius 2 is 1.97 bits per heavy atom. The van der Waals surface area contributed by atoms with E-state index in [2.05, 4.69) is 18.5 Å². The first-order chi connectivity index (χ1) is 17.9. The molecule has 3 heterocycles. The number of ether oxygens (including phenoxy) is 2. The number of aliphatic hydroxyl groups is 2. The summed E-state index contributed by atoms with van der Waals surface area (Å²) in [5.74, 6) is -1.68. The van der Waals surface area contributed by atoms with Crippen LogP contribution in [0.25, 0.3) is 10.2 Å². The number of carbonyl (C=O) groups excluding carboxylic acids is 2. The van der Waals surface area contributed by atoms with Gasteiger partial charge in [0.15, 0.2) is 0 Å². The van der Waals surface area contributed by atoms with E-state index in [0.29, 0.717) is 12.8 Å². The molecule has 2 aromatic rings. The molecule has 2 unspecified atom stereocenters. The fraction of sp³-hybridized carbons (Fsp3) is 0.633. The van der Waals surface area contributed by atoms with Crippen molar-refractivity contribution in [3.05, 3.63) is 41.4 Å². The summed E-state index contributed by atoms with van der Waals surface area (Å²) in [7, 11) is 0. The normalized spacial score (nSPS) is 34.9. The number of cyclic esters (lactones) is 1. The standard InChI is InChI=1S/C30H41NO6S/c1-7-9-20-27(34)17(2)10-8-13-30(6)25(37-30)15-22(19-11-12-23-21(14-19)31-18(3)38-23)36-26(33)16-24(32)29(4,5)28(20)35/h7,11-12,14,17,20,22,24-25,27,32,34H,1,8-10,13,15-16H2,2-6H3/t17-,20+,22-,24-,25-,27?,30?/m0/s1. The van der Waals surface area contributed by atoms with Gasteiger partial charge < -0.3 is 19.7 Å². The number of hydrogen-bond donors (Lipinski definition) is 2. The summed E-state index contributed by atoms with van der Waals surface area (Å²) in [6.07, 6.45) is 1.71. The van der Waals surface area contributed by atoms with E-state index in [9.17, 15) is 19.8 Å². The Morgan fingerprint density at radius 3 is 2.68 bits per heavy atom. The smallest absolute Gasteiger partial charge is 0.309 e. The first-order valence-electron chi connectivity index (χ1n) is 13.6. The molecule has 7 nitrogen and oxygen atoms in total. The molecule has 38 heavy (non-hydrogen) atoms. The number of rotatable bonds is 3. The highest BCUT2D eigenvalue weighted by Gasteiger charge is 2.53. The SMILES string of the molecule is C=CC[C@H]1C(=O)C(C)(C)[C@@H](O)CC(=O)O[C@H](c2ccc3sc(C)nc3c2)C[C@@H]2OC2(C)CCC[C@H](C)C1O. The number of ketones is 1. The molecule has 0 aliphatic carbocycles. The molecule has 2 aliphatic heterocycles. The van der Waals surface area contributed by atoms with Crippen molar-refractivity contribution in [3.8, 4) is 0 Å². The average Bonchev–Trinajstić information content (AvgIpc) is 3.32. The van der Waals surface area contributed by atoms with Gasteiger partial charge in [0.1, 0.15) is 11.9 Å². The summed E-state index contributed by atoms with van der Waals surface area (Å²) in [6, 6.07) is 5.92. The van der Waals surface area contributed by atoms with Gasteiger partial charge >= 0.3 is 5.97 Å². The second-order valence-corrected chi connectivity index (χ2v) is 13.1. The van der Waals surface area contributed by atoms with Gasteiger partial charge in [-0.25, -0.2) is 4.98 Å². The highest BCUT2D eigenvalue weighted by Crippen LogP contribution is 2.47. The minimum Gasteiger partial charge on any atom is -0.457 e. The number of aryl methyl sites for hydroxylation is 1. The summed E-state index contributed by atoms with van der Waals surface area (Å²) in [5, 5.41) is 23.2. The molecule has 1 aromatic heterocycles. The Hall–Kier alpha value is -2.13. The number of aromatic nitrogens is 1. The quantitative estimate of drug-likeness (QED) is 0.301. The van der Waals surface area contributed by atoms with Crippen molar-refractivity contribution in [3.63, 3.8) is 0 Å². The van der Waals surface area contributed by atoms with Crippen LogP contribution in [0.2, 0.25) is 0 Å². The van der Waals surface area contributed by atoms with E-state index in [1.807, 2.05) is 32.0 Å². The predicted octanol–water partition coefficient (Wildman–Crippen LogP) is 5.46. The topological polar surface area (TPSA) is 109 Å². The predicted molar refractivity (Wildman–Crippen MR) is 148 cm³/mol. The molecule has 1 aromatic carbocycles. The van der Waals surface area contributed by atoms with Crippen LogP contribution >= 0.6 is 11.3 Å². The van der Waals surface area contributed by atoms with Gasteiger partial charge in [-0.15, -0.1) is 17.9 Å². The Morgan fingerprint density at radius 1 is 1.24 bits per heavy atom. The molecule has 4 rings (SSSR count). The number of fused-ring (bicyclic) bond motifs is 2. The van der Waals surface area contributed by atoms with E-state index < -0.39 is 35.6 Å².